The maximum absolute atomic E-state index is 12.1. The van der Waals surface area contributed by atoms with Crippen LogP contribution >= 0.6 is 0 Å². The van der Waals surface area contributed by atoms with Crippen molar-refractivity contribution in [3.8, 4) is 5.75 Å². The van der Waals surface area contributed by atoms with Gasteiger partial charge in [0.25, 0.3) is 5.69 Å². The minimum atomic E-state index is -3.37. The lowest BCUT2D eigenvalue weighted by Crippen LogP contribution is -2.11. The van der Waals surface area contributed by atoms with Crippen molar-refractivity contribution >= 4 is 17.9 Å². The quantitative estimate of drug-likeness (QED) is 0.491. The Hall–Kier alpha value is -2.58. The zero-order valence-electron chi connectivity index (χ0n) is 8.50. The second-order valence-electron chi connectivity index (χ2n) is 2.97. The van der Waals surface area contributed by atoms with Crippen LogP contribution in [0.1, 0.15) is 20.7 Å². The van der Waals surface area contributed by atoms with Gasteiger partial charge in [0.2, 0.25) is 0 Å². The minimum Gasteiger partial charge on any atom is -0.477 e. The summed E-state index contributed by atoms with van der Waals surface area (Å²) < 4.78 is 28.0. The Morgan fingerprint density at radius 2 is 2.11 bits per heavy atom. The fourth-order valence-electron chi connectivity index (χ4n) is 1.24. The van der Waals surface area contributed by atoms with Gasteiger partial charge in [0.1, 0.15) is 12.0 Å². The third-order valence-corrected chi connectivity index (χ3v) is 1.87. The van der Waals surface area contributed by atoms with Crippen molar-refractivity contribution in [1.29, 1.82) is 0 Å². The molecule has 7 nitrogen and oxygen atoms in total. The summed E-state index contributed by atoms with van der Waals surface area (Å²) in [4.78, 5) is 30.8. The fraction of sp³-hybridized carbons (Fsp3) is 0.111. The molecule has 0 bridgehead atoms. The van der Waals surface area contributed by atoms with Crippen LogP contribution in [0.25, 0.3) is 0 Å². The van der Waals surface area contributed by atoms with E-state index < -0.39 is 34.5 Å². The number of benzene rings is 1. The molecular weight excluding hydrogens is 256 g/mol. The number of hydrogen-bond donors (Lipinski definition) is 1. The van der Waals surface area contributed by atoms with Crippen LogP contribution in [0.5, 0.6) is 5.75 Å². The SMILES string of the molecule is O=Cc1cc(OC(F)F)c(C(=O)O)c([N+](=O)[O-])c1. The highest BCUT2D eigenvalue weighted by atomic mass is 19.3. The molecule has 18 heavy (non-hydrogen) atoms. The van der Waals surface area contributed by atoms with Crippen LogP contribution in [-0.2, 0) is 0 Å². The highest BCUT2D eigenvalue weighted by Crippen LogP contribution is 2.31. The summed E-state index contributed by atoms with van der Waals surface area (Å²) in [6.07, 6.45) is 0.150. The van der Waals surface area contributed by atoms with Crippen LogP contribution in [-0.4, -0.2) is 28.9 Å². The molecule has 0 saturated heterocycles. The molecule has 1 rings (SSSR count). The molecule has 0 spiro atoms. The smallest absolute Gasteiger partial charge is 0.387 e. The zero-order chi connectivity index (χ0) is 13.9. The highest BCUT2D eigenvalue weighted by molar-refractivity contribution is 5.97. The number of aromatic carboxylic acids is 1. The summed E-state index contributed by atoms with van der Waals surface area (Å²) >= 11 is 0. The first kappa shape index (κ1) is 13.5. The predicted molar refractivity (Wildman–Crippen MR) is 52.1 cm³/mol. The lowest BCUT2D eigenvalue weighted by atomic mass is 10.1. The normalized spacial score (nSPS) is 10.2. The lowest BCUT2D eigenvalue weighted by Gasteiger charge is -2.08. The first-order valence-electron chi connectivity index (χ1n) is 4.32. The molecule has 0 aliphatic rings. The average Bonchev–Trinajstić information content (AvgIpc) is 2.26. The summed E-state index contributed by atoms with van der Waals surface area (Å²) in [5, 5.41) is 19.4. The Labute approximate surface area is 97.7 Å². The number of nitro benzene ring substituents is 1. The molecule has 0 radical (unpaired) electrons. The average molecular weight is 261 g/mol. The van der Waals surface area contributed by atoms with Gasteiger partial charge in [-0.05, 0) is 6.07 Å². The monoisotopic (exact) mass is 261 g/mol. The van der Waals surface area contributed by atoms with Crippen molar-refractivity contribution < 1.29 is 33.1 Å². The number of nitrogens with zero attached hydrogens (tertiary/aromatic N) is 1. The van der Waals surface area contributed by atoms with Gasteiger partial charge < -0.3 is 9.84 Å². The third kappa shape index (κ3) is 2.75. The number of halogens is 2. The van der Waals surface area contributed by atoms with Crippen LogP contribution in [0, 0.1) is 10.1 Å². The molecule has 0 atom stereocenters. The Morgan fingerprint density at radius 1 is 1.50 bits per heavy atom. The summed E-state index contributed by atoms with van der Waals surface area (Å²) in [6.45, 7) is -3.37. The van der Waals surface area contributed by atoms with Gasteiger partial charge in [-0.3, -0.25) is 14.9 Å². The van der Waals surface area contributed by atoms with Crippen LogP contribution in [0.3, 0.4) is 0 Å². The molecule has 96 valence electrons. The van der Waals surface area contributed by atoms with Gasteiger partial charge in [0.05, 0.1) is 4.92 Å². The second kappa shape index (κ2) is 5.17. The number of aldehydes is 1. The van der Waals surface area contributed by atoms with E-state index in [0.717, 1.165) is 0 Å². The zero-order valence-corrected chi connectivity index (χ0v) is 8.50. The predicted octanol–water partition coefficient (Wildman–Crippen LogP) is 1.71. The molecular formula is C9H5F2NO6. The van der Waals surface area contributed by atoms with E-state index in [4.69, 9.17) is 5.11 Å². The Balaban J connectivity index is 3.54. The molecule has 0 amide bonds. The van der Waals surface area contributed by atoms with Gasteiger partial charge in [0.15, 0.2) is 5.56 Å². The number of nitro groups is 1. The van der Waals surface area contributed by atoms with Gasteiger partial charge in [-0.15, -0.1) is 0 Å². The first-order valence-corrected chi connectivity index (χ1v) is 4.32. The third-order valence-electron chi connectivity index (χ3n) is 1.87. The lowest BCUT2D eigenvalue weighted by molar-refractivity contribution is -0.385. The topological polar surface area (TPSA) is 107 Å². The molecule has 1 aromatic rings. The number of ether oxygens (including phenoxy) is 1. The van der Waals surface area contributed by atoms with Crippen molar-refractivity contribution in [2.75, 3.05) is 0 Å². The van der Waals surface area contributed by atoms with Crippen LogP contribution in [0.2, 0.25) is 0 Å². The molecule has 0 aromatic heterocycles. The molecule has 0 fully saturated rings. The molecule has 0 aliphatic heterocycles. The second-order valence-corrected chi connectivity index (χ2v) is 2.97. The summed E-state index contributed by atoms with van der Waals surface area (Å²) in [5.41, 5.74) is -2.38. The van der Waals surface area contributed by atoms with E-state index in [1.807, 2.05) is 0 Å². The summed E-state index contributed by atoms with van der Waals surface area (Å²) in [6, 6.07) is 1.35. The fourth-order valence-corrected chi connectivity index (χ4v) is 1.24. The Kier molecular flexibility index (Phi) is 3.87. The number of carboxylic acid groups (broad SMARTS) is 1. The van der Waals surface area contributed by atoms with Gasteiger partial charge >= 0.3 is 12.6 Å². The standard InChI is InChI=1S/C9H5F2NO6/c10-9(11)18-6-2-4(3-13)1-5(12(16)17)7(6)8(14)15/h1-3,9H,(H,14,15). The van der Waals surface area contributed by atoms with E-state index in [-0.39, 0.29) is 11.8 Å². The molecule has 0 saturated carbocycles. The van der Waals surface area contributed by atoms with Crippen LogP contribution in [0.15, 0.2) is 12.1 Å². The van der Waals surface area contributed by atoms with E-state index in [0.29, 0.717) is 12.1 Å². The molecule has 0 heterocycles. The van der Waals surface area contributed by atoms with Crippen molar-refractivity contribution in [2.24, 2.45) is 0 Å². The maximum Gasteiger partial charge on any atom is 0.387 e. The van der Waals surface area contributed by atoms with Gasteiger partial charge in [-0.2, -0.15) is 8.78 Å². The van der Waals surface area contributed by atoms with Crippen molar-refractivity contribution in [1.82, 2.24) is 0 Å². The van der Waals surface area contributed by atoms with Crippen LogP contribution in [0.4, 0.5) is 14.5 Å². The summed E-state index contributed by atoms with van der Waals surface area (Å²) in [7, 11) is 0. The number of carbonyl (C=O) groups excluding carboxylic acids is 1. The Bertz CT molecular complexity index is 516. The highest BCUT2D eigenvalue weighted by Gasteiger charge is 2.27. The van der Waals surface area contributed by atoms with Crippen molar-refractivity contribution in [3.63, 3.8) is 0 Å². The van der Waals surface area contributed by atoms with Gasteiger partial charge in [0, 0.05) is 11.6 Å². The first-order chi connectivity index (χ1) is 8.36. The molecule has 1 N–H and O–H groups in total. The molecule has 1 aromatic carbocycles. The van der Waals surface area contributed by atoms with Crippen molar-refractivity contribution in [3.05, 3.63) is 33.4 Å². The van der Waals surface area contributed by atoms with E-state index in [1.165, 1.54) is 0 Å². The molecule has 9 heteroatoms. The molecule has 0 unspecified atom stereocenters. The Morgan fingerprint density at radius 3 is 2.50 bits per heavy atom. The largest absolute Gasteiger partial charge is 0.477 e. The number of carboxylic acids is 1. The van der Waals surface area contributed by atoms with E-state index in [9.17, 15) is 28.5 Å². The minimum absolute atomic E-state index is 0.150. The number of hydrogen-bond acceptors (Lipinski definition) is 5. The van der Waals surface area contributed by atoms with Crippen molar-refractivity contribution in [2.45, 2.75) is 6.61 Å². The number of carbonyl (C=O) groups is 2. The van der Waals surface area contributed by atoms with Crippen LogP contribution < -0.4 is 4.74 Å². The van der Waals surface area contributed by atoms with E-state index in [2.05, 4.69) is 4.74 Å². The van der Waals surface area contributed by atoms with E-state index >= 15 is 0 Å². The summed E-state index contributed by atoms with van der Waals surface area (Å²) in [5.74, 6) is -2.75. The van der Waals surface area contributed by atoms with Gasteiger partial charge in [-0.25, -0.2) is 4.79 Å². The van der Waals surface area contributed by atoms with E-state index in [1.54, 1.807) is 0 Å². The maximum atomic E-state index is 12.1. The molecule has 0 aliphatic carbocycles. The number of alkyl halides is 2. The number of rotatable bonds is 5. The van der Waals surface area contributed by atoms with Gasteiger partial charge in [-0.1, -0.05) is 0 Å².